The van der Waals surface area contributed by atoms with E-state index in [9.17, 15) is 4.79 Å². The number of carbonyl (C=O) groups is 1. The molecule has 0 aliphatic rings. The van der Waals surface area contributed by atoms with Gasteiger partial charge in [-0.1, -0.05) is 18.7 Å². The van der Waals surface area contributed by atoms with E-state index in [2.05, 4.69) is 11.9 Å². The molecule has 0 bridgehead atoms. The average molecular weight is 338 g/mol. The van der Waals surface area contributed by atoms with E-state index in [1.807, 2.05) is 39.7 Å². The molecule has 0 aliphatic heterocycles. The molecule has 0 saturated carbocycles. The molecule has 0 saturated heterocycles. The number of para-hydroxylation sites is 2. The second kappa shape index (κ2) is 7.09. The Labute approximate surface area is 145 Å². The lowest BCUT2D eigenvalue weighted by Crippen LogP contribution is -2.39. The number of anilines is 1. The lowest BCUT2D eigenvalue weighted by molar-refractivity contribution is -0.658. The van der Waals surface area contributed by atoms with Crippen molar-refractivity contribution in [2.24, 2.45) is 0 Å². The van der Waals surface area contributed by atoms with Gasteiger partial charge in [0.2, 0.25) is 6.33 Å². The normalized spacial score (nSPS) is 10.5. The number of nitrogens with one attached hydrogen (secondary N) is 1. The molecular weight excluding hydrogens is 318 g/mol. The number of benzene rings is 2. The highest BCUT2D eigenvalue weighted by Crippen LogP contribution is 2.29. The van der Waals surface area contributed by atoms with Gasteiger partial charge in [0.1, 0.15) is 0 Å². The van der Waals surface area contributed by atoms with Crippen LogP contribution in [0.25, 0.3) is 17.2 Å². The van der Waals surface area contributed by atoms with Crippen LogP contribution in [-0.2, 0) is 11.3 Å². The van der Waals surface area contributed by atoms with E-state index in [0.717, 1.165) is 11.0 Å². The van der Waals surface area contributed by atoms with Crippen molar-refractivity contribution in [3.05, 3.63) is 55.4 Å². The van der Waals surface area contributed by atoms with E-state index >= 15 is 0 Å². The topological polar surface area (TPSA) is 56.4 Å². The Kier molecular flexibility index (Phi) is 4.70. The molecule has 6 heteroatoms. The van der Waals surface area contributed by atoms with Crippen LogP contribution in [0.15, 0.2) is 55.4 Å². The fraction of sp³-hybridized carbons (Fsp3) is 0.158. The molecule has 3 rings (SSSR count). The molecule has 1 heterocycles. The molecule has 1 amide bonds. The maximum atomic E-state index is 12.4. The van der Waals surface area contributed by atoms with Crippen molar-refractivity contribution in [2.45, 2.75) is 6.54 Å². The summed E-state index contributed by atoms with van der Waals surface area (Å²) < 4.78 is 14.2. The van der Waals surface area contributed by atoms with Crippen LogP contribution in [0.2, 0.25) is 0 Å². The number of ether oxygens (including phenoxy) is 2. The number of aromatic nitrogens is 2. The number of methoxy groups -OCH3 is 2. The van der Waals surface area contributed by atoms with E-state index < -0.39 is 0 Å². The third-order valence-electron chi connectivity index (χ3n) is 3.91. The minimum Gasteiger partial charge on any atom is -0.493 e. The molecule has 1 aromatic heterocycles. The molecule has 0 fully saturated rings. The van der Waals surface area contributed by atoms with Crippen molar-refractivity contribution in [1.82, 2.24) is 4.57 Å². The van der Waals surface area contributed by atoms with Gasteiger partial charge in [-0.15, -0.1) is 0 Å². The van der Waals surface area contributed by atoms with Gasteiger partial charge in [-0.05, 0) is 24.3 Å². The van der Waals surface area contributed by atoms with Gasteiger partial charge in [0.05, 0.1) is 20.4 Å². The summed E-state index contributed by atoms with van der Waals surface area (Å²) >= 11 is 0. The van der Waals surface area contributed by atoms with Gasteiger partial charge in [-0.3, -0.25) is 4.79 Å². The Morgan fingerprint density at radius 3 is 2.68 bits per heavy atom. The Hall–Kier alpha value is -3.28. The van der Waals surface area contributed by atoms with Crippen LogP contribution >= 0.6 is 0 Å². The van der Waals surface area contributed by atoms with Crippen LogP contribution in [0.3, 0.4) is 0 Å². The summed E-state index contributed by atoms with van der Waals surface area (Å²) in [7, 11) is 3.13. The van der Waals surface area contributed by atoms with Gasteiger partial charge in [0, 0.05) is 11.8 Å². The highest BCUT2D eigenvalue weighted by Gasteiger charge is 2.16. The predicted octanol–water partition coefficient (Wildman–Crippen LogP) is 2.69. The second-order valence-corrected chi connectivity index (χ2v) is 5.44. The number of fused-ring (bicyclic) bond motifs is 1. The highest BCUT2D eigenvalue weighted by molar-refractivity contribution is 5.90. The summed E-state index contributed by atoms with van der Waals surface area (Å²) in [6.07, 6.45) is 3.57. The fourth-order valence-electron chi connectivity index (χ4n) is 2.74. The lowest BCUT2D eigenvalue weighted by Gasteiger charge is -2.10. The smallest absolute Gasteiger partial charge is 0.266 e. The molecule has 0 spiro atoms. The maximum Gasteiger partial charge on any atom is 0.266 e. The zero-order valence-corrected chi connectivity index (χ0v) is 14.2. The molecule has 128 valence electrons. The average Bonchev–Trinajstić information content (AvgIpc) is 2.99. The molecule has 0 unspecified atom stereocenters. The fourth-order valence-corrected chi connectivity index (χ4v) is 2.74. The Bertz CT molecular complexity index is 931. The summed E-state index contributed by atoms with van der Waals surface area (Å²) in [4.78, 5) is 12.4. The van der Waals surface area contributed by atoms with E-state index in [0.29, 0.717) is 17.2 Å². The third-order valence-corrected chi connectivity index (χ3v) is 3.91. The Morgan fingerprint density at radius 1 is 1.20 bits per heavy atom. The first-order chi connectivity index (χ1) is 12.2. The largest absolute Gasteiger partial charge is 0.493 e. The molecule has 3 aromatic rings. The first-order valence-electron chi connectivity index (χ1n) is 7.79. The van der Waals surface area contributed by atoms with Gasteiger partial charge in [-0.25, -0.2) is 9.13 Å². The van der Waals surface area contributed by atoms with Crippen molar-refractivity contribution < 1.29 is 18.8 Å². The number of hydrogen-bond donors (Lipinski definition) is 1. The van der Waals surface area contributed by atoms with Crippen molar-refractivity contribution >= 4 is 28.8 Å². The van der Waals surface area contributed by atoms with E-state index in [1.54, 1.807) is 38.6 Å². The van der Waals surface area contributed by atoms with Gasteiger partial charge in [0.15, 0.2) is 29.1 Å². The summed E-state index contributed by atoms with van der Waals surface area (Å²) in [5, 5.41) is 2.88. The number of amides is 1. The predicted molar refractivity (Wildman–Crippen MR) is 96.7 cm³/mol. The van der Waals surface area contributed by atoms with Crippen LogP contribution in [0.4, 0.5) is 5.69 Å². The van der Waals surface area contributed by atoms with E-state index in [-0.39, 0.29) is 12.5 Å². The van der Waals surface area contributed by atoms with Crippen LogP contribution in [0.5, 0.6) is 11.5 Å². The number of rotatable bonds is 6. The zero-order chi connectivity index (χ0) is 17.8. The number of hydrogen-bond acceptors (Lipinski definition) is 3. The lowest BCUT2D eigenvalue weighted by atomic mass is 10.2. The molecule has 2 aromatic carbocycles. The van der Waals surface area contributed by atoms with Crippen LogP contribution < -0.4 is 19.4 Å². The minimum atomic E-state index is -0.135. The first kappa shape index (κ1) is 16.6. The zero-order valence-electron chi connectivity index (χ0n) is 14.2. The summed E-state index contributed by atoms with van der Waals surface area (Å²) in [5.41, 5.74) is 2.61. The van der Waals surface area contributed by atoms with Gasteiger partial charge >= 0.3 is 0 Å². The van der Waals surface area contributed by atoms with Crippen LogP contribution in [0, 0.1) is 0 Å². The molecular formula is C19H20N3O3+. The third kappa shape index (κ3) is 3.33. The monoisotopic (exact) mass is 338 g/mol. The van der Waals surface area contributed by atoms with Gasteiger partial charge in [-0.2, -0.15) is 0 Å². The number of imidazole rings is 1. The number of nitrogens with zero attached hydrogens (tertiary/aromatic N) is 2. The minimum absolute atomic E-state index is 0.135. The standard InChI is InChI=1S/C19H19N3O3/c1-4-21-13-22(16-8-6-5-7-15(16)21)12-19(23)20-14-9-10-17(24-2)18(11-14)25-3/h4-11,13H,1,12H2,2-3H3/p+1. The van der Waals surface area contributed by atoms with E-state index in [1.165, 1.54) is 0 Å². The van der Waals surface area contributed by atoms with Crippen molar-refractivity contribution in [3.8, 4) is 11.5 Å². The van der Waals surface area contributed by atoms with Crippen molar-refractivity contribution in [3.63, 3.8) is 0 Å². The first-order valence-corrected chi connectivity index (χ1v) is 7.79. The van der Waals surface area contributed by atoms with Gasteiger partial charge < -0.3 is 14.8 Å². The molecule has 25 heavy (non-hydrogen) atoms. The van der Waals surface area contributed by atoms with Gasteiger partial charge in [0.25, 0.3) is 5.91 Å². The summed E-state index contributed by atoms with van der Waals surface area (Å²) in [6, 6.07) is 13.1. The maximum absolute atomic E-state index is 12.4. The van der Waals surface area contributed by atoms with Crippen molar-refractivity contribution in [2.75, 3.05) is 19.5 Å². The quantitative estimate of drug-likeness (QED) is 0.703. The van der Waals surface area contributed by atoms with Crippen molar-refractivity contribution in [1.29, 1.82) is 0 Å². The Morgan fingerprint density at radius 2 is 1.96 bits per heavy atom. The Balaban J connectivity index is 1.80. The summed E-state index contributed by atoms with van der Waals surface area (Å²) in [6.45, 7) is 3.99. The van der Waals surface area contributed by atoms with Crippen LogP contribution in [-0.4, -0.2) is 24.7 Å². The second-order valence-electron chi connectivity index (χ2n) is 5.44. The highest BCUT2D eigenvalue weighted by atomic mass is 16.5. The van der Waals surface area contributed by atoms with E-state index in [4.69, 9.17) is 9.47 Å². The molecule has 1 N–H and O–H groups in total. The number of carbonyl (C=O) groups excluding carboxylic acids is 1. The molecule has 0 radical (unpaired) electrons. The molecule has 0 aliphatic carbocycles. The SMILES string of the molecule is C=Cn1c[n+](CC(=O)Nc2ccc(OC)c(OC)c2)c2ccccc21. The molecule has 6 nitrogen and oxygen atoms in total. The molecule has 0 atom stereocenters. The summed E-state index contributed by atoms with van der Waals surface area (Å²) in [5.74, 6) is 1.05. The van der Waals surface area contributed by atoms with Crippen LogP contribution in [0.1, 0.15) is 0 Å².